The third-order valence-corrected chi connectivity index (χ3v) is 15.5. The first-order valence-corrected chi connectivity index (χ1v) is 23.6. The molecule has 0 saturated heterocycles. The van der Waals surface area contributed by atoms with Gasteiger partial charge in [-0.25, -0.2) is 0 Å². The van der Waals surface area contributed by atoms with E-state index in [2.05, 4.69) is 47.6 Å². The standard InChI is InChI=1S/C49H88O2/c1-7-8-9-10-11-12-13-14-15-16-17-18-19-20-21-22-23-24-25-29-47(50)51-42-34-36-48(5)41(38-42)30-31-43-45-33-32-44(40(4)28-26-27-39(2)3)49(45,6)37-35-46(43)48/h30,39-40,42-46H,7-29,31-38H2,1-6H3/t40-,42+,43+,44-,45+,46+,48+,49-/m1/s1. The zero-order valence-corrected chi connectivity index (χ0v) is 35.4. The Morgan fingerprint density at radius 3 is 1.82 bits per heavy atom. The van der Waals surface area contributed by atoms with Crippen molar-refractivity contribution in [3.8, 4) is 0 Å². The number of unbranched alkanes of at least 4 members (excludes halogenated alkanes) is 18. The Labute approximate surface area is 319 Å². The van der Waals surface area contributed by atoms with Crippen molar-refractivity contribution in [1.29, 1.82) is 0 Å². The van der Waals surface area contributed by atoms with Gasteiger partial charge in [0.05, 0.1) is 0 Å². The first-order chi connectivity index (χ1) is 24.7. The Morgan fingerprint density at radius 2 is 1.25 bits per heavy atom. The molecule has 4 aliphatic rings. The van der Waals surface area contributed by atoms with Crippen molar-refractivity contribution in [2.75, 3.05) is 0 Å². The first-order valence-electron chi connectivity index (χ1n) is 23.6. The largest absolute Gasteiger partial charge is 0.462 e. The lowest BCUT2D eigenvalue weighted by Crippen LogP contribution is -2.51. The maximum Gasteiger partial charge on any atom is 0.306 e. The van der Waals surface area contributed by atoms with Crippen LogP contribution in [-0.2, 0) is 9.53 Å². The SMILES string of the molecule is CCCCCCCCCCCCCCCCCCCCCC(=O)O[C@H]1CC[C@@]2(C)C(=CC[C@H]3[C@@H]4CC[C@H]([C@H](C)CCCC(C)C)[C@@]4(C)CC[C@@H]32)C1. The minimum absolute atomic E-state index is 0.0674. The van der Waals surface area contributed by atoms with Gasteiger partial charge in [0.2, 0.25) is 0 Å². The molecule has 2 heteroatoms. The highest BCUT2D eigenvalue weighted by Gasteiger charge is 2.59. The van der Waals surface area contributed by atoms with E-state index >= 15 is 0 Å². The molecule has 4 rings (SSSR count). The third-order valence-electron chi connectivity index (χ3n) is 15.5. The molecule has 0 aromatic heterocycles. The Morgan fingerprint density at radius 1 is 0.686 bits per heavy atom. The van der Waals surface area contributed by atoms with E-state index in [-0.39, 0.29) is 12.1 Å². The lowest BCUT2D eigenvalue weighted by Gasteiger charge is -2.58. The van der Waals surface area contributed by atoms with Gasteiger partial charge < -0.3 is 4.74 Å². The van der Waals surface area contributed by atoms with E-state index in [0.29, 0.717) is 17.3 Å². The zero-order chi connectivity index (χ0) is 36.5. The van der Waals surface area contributed by atoms with Crippen LogP contribution in [-0.4, -0.2) is 12.1 Å². The van der Waals surface area contributed by atoms with Crippen molar-refractivity contribution < 1.29 is 9.53 Å². The van der Waals surface area contributed by atoms with Crippen LogP contribution in [0.4, 0.5) is 0 Å². The number of ether oxygens (including phenoxy) is 1. The molecule has 0 radical (unpaired) electrons. The number of allylic oxidation sites excluding steroid dienone is 1. The van der Waals surface area contributed by atoms with Crippen molar-refractivity contribution in [1.82, 2.24) is 0 Å². The van der Waals surface area contributed by atoms with Gasteiger partial charge >= 0.3 is 5.97 Å². The summed E-state index contributed by atoms with van der Waals surface area (Å²) >= 11 is 0. The third kappa shape index (κ3) is 12.9. The summed E-state index contributed by atoms with van der Waals surface area (Å²) in [7, 11) is 0. The maximum atomic E-state index is 12.9. The van der Waals surface area contributed by atoms with E-state index in [1.807, 2.05) is 0 Å². The number of carbonyl (C=O) groups is 1. The second-order valence-corrected chi connectivity index (χ2v) is 19.8. The highest BCUT2D eigenvalue weighted by molar-refractivity contribution is 5.69. The molecule has 8 atom stereocenters. The van der Waals surface area contributed by atoms with Gasteiger partial charge in [-0.15, -0.1) is 0 Å². The summed E-state index contributed by atoms with van der Waals surface area (Å²) in [5, 5.41) is 0. The van der Waals surface area contributed by atoms with E-state index in [0.717, 1.165) is 54.8 Å². The quantitative estimate of drug-likeness (QED) is 0.0508. The molecule has 0 aromatic rings. The molecule has 2 nitrogen and oxygen atoms in total. The molecule has 296 valence electrons. The first kappa shape index (κ1) is 42.9. The van der Waals surface area contributed by atoms with Gasteiger partial charge in [-0.1, -0.05) is 188 Å². The van der Waals surface area contributed by atoms with Crippen molar-refractivity contribution in [2.45, 2.75) is 247 Å². The molecule has 3 fully saturated rings. The molecular formula is C49H88O2. The molecule has 4 aliphatic carbocycles. The fourth-order valence-electron chi connectivity index (χ4n) is 12.3. The Hall–Kier alpha value is -0.790. The van der Waals surface area contributed by atoms with E-state index in [9.17, 15) is 4.79 Å². The topological polar surface area (TPSA) is 26.3 Å². The Kier molecular flexibility index (Phi) is 19.0. The van der Waals surface area contributed by atoms with Crippen LogP contribution in [0.15, 0.2) is 11.6 Å². The van der Waals surface area contributed by atoms with Crippen LogP contribution in [0.2, 0.25) is 0 Å². The average Bonchev–Trinajstić information content (AvgIpc) is 3.46. The predicted octanol–water partition coefficient (Wildman–Crippen LogP) is 15.8. The molecule has 0 unspecified atom stereocenters. The molecule has 0 aliphatic heterocycles. The Balaban J connectivity index is 1.03. The smallest absolute Gasteiger partial charge is 0.306 e. The van der Waals surface area contributed by atoms with Gasteiger partial charge in [0.15, 0.2) is 0 Å². The summed E-state index contributed by atoms with van der Waals surface area (Å²) in [6.07, 6.45) is 44.3. The van der Waals surface area contributed by atoms with Crippen molar-refractivity contribution in [2.24, 2.45) is 46.3 Å². The van der Waals surface area contributed by atoms with Crippen LogP contribution >= 0.6 is 0 Å². The summed E-state index contributed by atoms with van der Waals surface area (Å²) in [6.45, 7) is 15.0. The Bertz CT molecular complexity index is 996. The van der Waals surface area contributed by atoms with Crippen molar-refractivity contribution >= 4 is 5.97 Å². The number of carbonyl (C=O) groups excluding carboxylic acids is 1. The predicted molar refractivity (Wildman–Crippen MR) is 221 cm³/mol. The number of hydrogen-bond acceptors (Lipinski definition) is 2. The molecule has 0 N–H and O–H groups in total. The fourth-order valence-corrected chi connectivity index (χ4v) is 12.3. The van der Waals surface area contributed by atoms with Crippen LogP contribution < -0.4 is 0 Å². The molecule has 0 amide bonds. The van der Waals surface area contributed by atoms with E-state index in [4.69, 9.17) is 4.74 Å². The maximum absolute atomic E-state index is 12.9. The van der Waals surface area contributed by atoms with Crippen LogP contribution in [0.5, 0.6) is 0 Å². The van der Waals surface area contributed by atoms with Gasteiger partial charge in [0.1, 0.15) is 6.10 Å². The number of rotatable bonds is 26. The second-order valence-electron chi connectivity index (χ2n) is 19.8. The monoisotopic (exact) mass is 709 g/mol. The molecule has 51 heavy (non-hydrogen) atoms. The lowest BCUT2D eigenvalue weighted by molar-refractivity contribution is -0.151. The zero-order valence-electron chi connectivity index (χ0n) is 35.4. The van der Waals surface area contributed by atoms with Gasteiger partial charge in [-0.05, 0) is 97.7 Å². The minimum Gasteiger partial charge on any atom is -0.462 e. The molecule has 3 saturated carbocycles. The summed E-state index contributed by atoms with van der Waals surface area (Å²) in [6, 6.07) is 0. The molecular weight excluding hydrogens is 621 g/mol. The van der Waals surface area contributed by atoms with E-state index in [1.165, 1.54) is 173 Å². The molecule has 0 heterocycles. The highest BCUT2D eigenvalue weighted by Crippen LogP contribution is 2.67. The van der Waals surface area contributed by atoms with Crippen LogP contribution in [0.3, 0.4) is 0 Å². The van der Waals surface area contributed by atoms with Gasteiger partial charge in [0.25, 0.3) is 0 Å². The van der Waals surface area contributed by atoms with Crippen LogP contribution in [0.25, 0.3) is 0 Å². The number of esters is 1. The number of hydrogen-bond donors (Lipinski definition) is 0. The summed E-state index contributed by atoms with van der Waals surface area (Å²) in [5.74, 6) is 5.34. The minimum atomic E-state index is 0.0674. The van der Waals surface area contributed by atoms with Crippen LogP contribution in [0.1, 0.15) is 241 Å². The van der Waals surface area contributed by atoms with Crippen molar-refractivity contribution in [3.63, 3.8) is 0 Å². The molecule has 0 bridgehead atoms. The molecule has 0 spiro atoms. The van der Waals surface area contributed by atoms with E-state index < -0.39 is 0 Å². The van der Waals surface area contributed by atoms with Gasteiger partial charge in [-0.3, -0.25) is 4.79 Å². The summed E-state index contributed by atoms with van der Waals surface area (Å²) in [5.41, 5.74) is 2.54. The summed E-state index contributed by atoms with van der Waals surface area (Å²) in [4.78, 5) is 12.9. The normalized spacial score (nSPS) is 30.8. The average molecular weight is 709 g/mol. The summed E-state index contributed by atoms with van der Waals surface area (Å²) < 4.78 is 6.15. The van der Waals surface area contributed by atoms with Gasteiger partial charge in [0, 0.05) is 12.8 Å². The fraction of sp³-hybridized carbons (Fsp3) is 0.939. The van der Waals surface area contributed by atoms with Crippen molar-refractivity contribution in [3.05, 3.63) is 11.6 Å². The van der Waals surface area contributed by atoms with E-state index in [1.54, 1.807) is 5.57 Å². The lowest BCUT2D eigenvalue weighted by atomic mass is 9.47. The van der Waals surface area contributed by atoms with Crippen LogP contribution in [0, 0.1) is 46.3 Å². The van der Waals surface area contributed by atoms with Gasteiger partial charge in [-0.2, -0.15) is 0 Å². The molecule has 0 aromatic carbocycles. The highest BCUT2D eigenvalue weighted by atomic mass is 16.5. The number of fused-ring (bicyclic) bond motifs is 5. The second kappa shape index (κ2) is 22.6.